The quantitative estimate of drug-likeness (QED) is 0.915. The first-order valence-corrected chi connectivity index (χ1v) is 7.31. The Bertz CT molecular complexity index is 664. The Hall–Kier alpha value is -2.13. The lowest BCUT2D eigenvalue weighted by Crippen LogP contribution is -2.28. The molecule has 0 saturated heterocycles. The van der Waals surface area contributed by atoms with Gasteiger partial charge in [0.1, 0.15) is 0 Å². The molecule has 0 radical (unpaired) electrons. The van der Waals surface area contributed by atoms with Crippen molar-refractivity contribution in [3.63, 3.8) is 0 Å². The van der Waals surface area contributed by atoms with Gasteiger partial charge in [0, 0.05) is 25.7 Å². The van der Waals surface area contributed by atoms with Gasteiger partial charge in [-0.05, 0) is 41.8 Å². The zero-order valence-corrected chi connectivity index (χ0v) is 12.5. The second-order valence-electron chi connectivity index (χ2n) is 5.65. The van der Waals surface area contributed by atoms with Crippen LogP contribution in [0.1, 0.15) is 18.1 Å². The molecule has 1 aliphatic rings. The second-order valence-corrected chi connectivity index (χ2v) is 5.65. The highest BCUT2D eigenvalue weighted by Crippen LogP contribution is 2.34. The third-order valence-corrected chi connectivity index (χ3v) is 4.00. The molecule has 0 spiro atoms. The molecule has 2 aromatic carbocycles. The van der Waals surface area contributed by atoms with Gasteiger partial charge >= 0.3 is 0 Å². The molecule has 3 nitrogen and oxygen atoms in total. The van der Waals surface area contributed by atoms with Crippen molar-refractivity contribution >= 4 is 11.6 Å². The summed E-state index contributed by atoms with van der Waals surface area (Å²) in [4.78, 5) is 13.7. The number of benzene rings is 2. The minimum atomic E-state index is -0.0106. The van der Waals surface area contributed by atoms with Gasteiger partial charge in [0.05, 0.1) is 0 Å². The molecule has 1 amide bonds. The number of amides is 1. The monoisotopic (exact) mass is 280 g/mol. The average Bonchev–Trinajstić information content (AvgIpc) is 2.47. The van der Waals surface area contributed by atoms with Gasteiger partial charge in [0.15, 0.2) is 0 Å². The van der Waals surface area contributed by atoms with Crippen LogP contribution in [-0.4, -0.2) is 24.4 Å². The highest BCUT2D eigenvalue weighted by atomic mass is 16.1. The molecule has 0 aliphatic carbocycles. The maximum atomic E-state index is 11.4. The summed E-state index contributed by atoms with van der Waals surface area (Å²) >= 11 is 0. The number of anilines is 1. The van der Waals surface area contributed by atoms with Crippen LogP contribution in [0.15, 0.2) is 42.5 Å². The van der Waals surface area contributed by atoms with Crippen LogP contribution >= 0.6 is 0 Å². The number of carbonyl (C=O) groups excluding carboxylic acids is 1. The predicted octanol–water partition coefficient (Wildman–Crippen LogP) is 3.30. The Kier molecular flexibility index (Phi) is 3.76. The Balaban J connectivity index is 2.12. The number of likely N-dealkylation sites (N-methyl/N-ethyl adjacent to an activating group) is 1. The molecule has 21 heavy (non-hydrogen) atoms. The van der Waals surface area contributed by atoms with E-state index in [1.807, 2.05) is 12.1 Å². The first kappa shape index (κ1) is 13.8. The van der Waals surface area contributed by atoms with E-state index in [9.17, 15) is 4.79 Å². The fraction of sp³-hybridized carbons (Fsp3) is 0.278. The van der Waals surface area contributed by atoms with Crippen molar-refractivity contribution in [3.8, 4) is 11.1 Å². The minimum Gasteiger partial charge on any atom is -0.326 e. The molecule has 0 atom stereocenters. The predicted molar refractivity (Wildman–Crippen MR) is 86.2 cm³/mol. The van der Waals surface area contributed by atoms with Gasteiger partial charge in [-0.15, -0.1) is 0 Å². The lowest BCUT2D eigenvalue weighted by molar-refractivity contribution is -0.114. The van der Waals surface area contributed by atoms with Crippen molar-refractivity contribution < 1.29 is 4.79 Å². The van der Waals surface area contributed by atoms with Crippen LogP contribution in [0.3, 0.4) is 0 Å². The van der Waals surface area contributed by atoms with E-state index in [1.54, 1.807) is 6.92 Å². The molecule has 3 heteroatoms. The molecular formula is C18H20N2O. The highest BCUT2D eigenvalue weighted by Gasteiger charge is 2.20. The van der Waals surface area contributed by atoms with E-state index >= 15 is 0 Å². The van der Waals surface area contributed by atoms with Gasteiger partial charge in [-0.25, -0.2) is 0 Å². The molecule has 2 aromatic rings. The van der Waals surface area contributed by atoms with E-state index in [2.05, 4.69) is 47.6 Å². The minimum absolute atomic E-state index is 0.0106. The third-order valence-electron chi connectivity index (χ3n) is 4.00. The Morgan fingerprint density at radius 2 is 1.86 bits per heavy atom. The van der Waals surface area contributed by atoms with Crippen LogP contribution in [0.2, 0.25) is 0 Å². The number of nitrogens with zero attached hydrogens (tertiary/aromatic N) is 1. The van der Waals surface area contributed by atoms with Gasteiger partial charge in [0.25, 0.3) is 0 Å². The van der Waals surface area contributed by atoms with Crippen molar-refractivity contribution in [2.75, 3.05) is 18.9 Å². The molecular weight excluding hydrogens is 260 g/mol. The zero-order chi connectivity index (χ0) is 14.8. The summed E-state index contributed by atoms with van der Waals surface area (Å²) in [6.45, 7) is 3.51. The summed E-state index contributed by atoms with van der Waals surface area (Å²) in [5, 5.41) is 2.97. The molecule has 1 aliphatic heterocycles. The van der Waals surface area contributed by atoms with Crippen LogP contribution in [0.5, 0.6) is 0 Å². The summed E-state index contributed by atoms with van der Waals surface area (Å²) in [5.41, 5.74) is 6.08. The Labute approximate surface area is 125 Å². The fourth-order valence-corrected chi connectivity index (χ4v) is 3.01. The average molecular weight is 280 g/mol. The van der Waals surface area contributed by atoms with Gasteiger partial charge in [-0.3, -0.25) is 4.79 Å². The molecule has 1 N–H and O–H groups in total. The molecule has 1 heterocycles. The first-order valence-electron chi connectivity index (χ1n) is 7.31. The molecule has 0 fully saturated rings. The van der Waals surface area contributed by atoms with Crippen LogP contribution < -0.4 is 5.32 Å². The number of carbonyl (C=O) groups is 1. The fourth-order valence-electron chi connectivity index (χ4n) is 3.01. The summed E-state index contributed by atoms with van der Waals surface area (Å²) in [6, 6.07) is 14.6. The largest absolute Gasteiger partial charge is 0.326 e. The molecule has 108 valence electrons. The summed E-state index contributed by atoms with van der Waals surface area (Å²) in [7, 11) is 2.14. The third kappa shape index (κ3) is 2.83. The van der Waals surface area contributed by atoms with E-state index in [4.69, 9.17) is 0 Å². The molecule has 0 aromatic heterocycles. The van der Waals surface area contributed by atoms with E-state index in [-0.39, 0.29) is 5.91 Å². The molecule has 0 bridgehead atoms. The molecule has 0 saturated carbocycles. The SMILES string of the molecule is CC(=O)Nc1ccc(-c2ccccc2)c2c1CCN(C)C2. The van der Waals surface area contributed by atoms with Crippen molar-refractivity contribution in [1.29, 1.82) is 0 Å². The second kappa shape index (κ2) is 5.70. The number of rotatable bonds is 2. The van der Waals surface area contributed by atoms with Crippen LogP contribution in [0, 0.1) is 0 Å². The van der Waals surface area contributed by atoms with Crippen molar-refractivity contribution in [2.24, 2.45) is 0 Å². The zero-order valence-electron chi connectivity index (χ0n) is 12.5. The van der Waals surface area contributed by atoms with Crippen molar-refractivity contribution in [3.05, 3.63) is 53.6 Å². The normalized spacial score (nSPS) is 14.6. The number of hydrogen-bond acceptors (Lipinski definition) is 2. The number of fused-ring (bicyclic) bond motifs is 1. The molecule has 0 unspecified atom stereocenters. The Morgan fingerprint density at radius 1 is 1.10 bits per heavy atom. The van der Waals surface area contributed by atoms with E-state index < -0.39 is 0 Å². The van der Waals surface area contributed by atoms with Gasteiger partial charge < -0.3 is 10.2 Å². The van der Waals surface area contributed by atoms with E-state index in [0.29, 0.717) is 0 Å². The van der Waals surface area contributed by atoms with Crippen LogP contribution in [-0.2, 0) is 17.8 Å². The van der Waals surface area contributed by atoms with Gasteiger partial charge in [0.2, 0.25) is 5.91 Å². The highest BCUT2D eigenvalue weighted by molar-refractivity contribution is 5.90. The number of hydrogen-bond donors (Lipinski definition) is 1. The van der Waals surface area contributed by atoms with E-state index in [0.717, 1.165) is 25.2 Å². The number of nitrogens with one attached hydrogen (secondary N) is 1. The summed E-state index contributed by atoms with van der Waals surface area (Å²) in [5.74, 6) is -0.0106. The standard InChI is InChI=1S/C18H20N2O/c1-13(21)19-18-9-8-15(14-6-4-3-5-7-14)17-12-20(2)11-10-16(17)18/h3-9H,10-12H2,1-2H3,(H,19,21). The summed E-state index contributed by atoms with van der Waals surface area (Å²) < 4.78 is 0. The first-order chi connectivity index (χ1) is 10.1. The van der Waals surface area contributed by atoms with Crippen molar-refractivity contribution in [1.82, 2.24) is 4.90 Å². The van der Waals surface area contributed by atoms with Gasteiger partial charge in [-0.2, -0.15) is 0 Å². The molecule has 3 rings (SSSR count). The van der Waals surface area contributed by atoms with Crippen LogP contribution in [0.25, 0.3) is 11.1 Å². The van der Waals surface area contributed by atoms with Gasteiger partial charge in [-0.1, -0.05) is 36.4 Å². The van der Waals surface area contributed by atoms with E-state index in [1.165, 1.54) is 22.3 Å². The maximum absolute atomic E-state index is 11.4. The topological polar surface area (TPSA) is 32.3 Å². The van der Waals surface area contributed by atoms with Crippen molar-refractivity contribution in [2.45, 2.75) is 19.9 Å². The Morgan fingerprint density at radius 3 is 2.57 bits per heavy atom. The lowest BCUT2D eigenvalue weighted by Gasteiger charge is -2.29. The maximum Gasteiger partial charge on any atom is 0.221 e. The summed E-state index contributed by atoms with van der Waals surface area (Å²) in [6.07, 6.45) is 0.974. The van der Waals surface area contributed by atoms with Crippen LogP contribution in [0.4, 0.5) is 5.69 Å². The lowest BCUT2D eigenvalue weighted by atomic mass is 9.90. The smallest absolute Gasteiger partial charge is 0.221 e.